The number of ether oxygens (including phenoxy) is 1. The lowest BCUT2D eigenvalue weighted by molar-refractivity contribution is -0.118. The minimum atomic E-state index is -0.426. The molecule has 192 valence electrons. The predicted octanol–water partition coefficient (Wildman–Crippen LogP) is 5.75. The Hall–Kier alpha value is -3.74. The molecule has 0 radical (unpaired) electrons. The zero-order valence-corrected chi connectivity index (χ0v) is 21.0. The number of rotatable bonds is 7. The fraction of sp³-hybridized carbons (Fsp3) is 0.400. The normalized spacial score (nSPS) is 25.6. The van der Waals surface area contributed by atoms with E-state index < -0.39 is 5.91 Å². The van der Waals surface area contributed by atoms with Crippen LogP contribution in [-0.4, -0.2) is 30.6 Å². The van der Waals surface area contributed by atoms with Crippen LogP contribution < -0.4 is 15.0 Å². The number of phenols is 1. The summed E-state index contributed by atoms with van der Waals surface area (Å²) < 4.78 is 11.0. The Kier molecular flexibility index (Phi) is 5.94. The molecule has 2 aromatic carbocycles. The third-order valence-corrected chi connectivity index (χ3v) is 8.53. The summed E-state index contributed by atoms with van der Waals surface area (Å²) in [7, 11) is 1.59. The largest absolute Gasteiger partial charge is 0.506 e. The fourth-order valence-electron chi connectivity index (χ4n) is 7.23. The van der Waals surface area contributed by atoms with Crippen molar-refractivity contribution in [2.75, 3.05) is 23.9 Å². The molecule has 2 N–H and O–H groups in total. The van der Waals surface area contributed by atoms with Crippen LogP contribution in [0.4, 0.5) is 11.6 Å². The minimum absolute atomic E-state index is 0.134. The molecule has 1 aromatic heterocycles. The highest BCUT2D eigenvalue weighted by Gasteiger charge is 2.51. The van der Waals surface area contributed by atoms with Gasteiger partial charge in [0, 0.05) is 18.7 Å². The van der Waals surface area contributed by atoms with Gasteiger partial charge >= 0.3 is 0 Å². The van der Waals surface area contributed by atoms with Gasteiger partial charge in [0.1, 0.15) is 11.5 Å². The van der Waals surface area contributed by atoms with Crippen LogP contribution in [0.3, 0.4) is 0 Å². The lowest BCUT2D eigenvalue weighted by Gasteiger charge is -2.57. The van der Waals surface area contributed by atoms with Gasteiger partial charge in [-0.2, -0.15) is 0 Å². The molecule has 0 saturated heterocycles. The fourth-order valence-corrected chi connectivity index (χ4v) is 7.23. The standard InChI is InChI=1S/C30H32N2O5/c1-32(28-3-2-10-36-28)29(35)22-4-9-26(33)25(14-22)31-27(34)18-37-24-7-5-23(6-8-24)30-15-19-11-20(16-30)13-21(12-19)17-30/h2-10,14,19-21,33H,11-13,15-18H2,1H3,(H,31,34). The maximum Gasteiger partial charge on any atom is 0.262 e. The lowest BCUT2D eigenvalue weighted by atomic mass is 9.48. The second-order valence-electron chi connectivity index (χ2n) is 11.1. The van der Waals surface area contributed by atoms with E-state index in [1.54, 1.807) is 19.2 Å². The molecule has 3 aromatic rings. The number of nitrogens with zero attached hydrogens (tertiary/aromatic N) is 1. The van der Waals surface area contributed by atoms with E-state index in [-0.39, 0.29) is 24.0 Å². The van der Waals surface area contributed by atoms with E-state index in [1.165, 1.54) is 73.5 Å². The number of amides is 2. The average Bonchev–Trinajstić information content (AvgIpc) is 3.43. The molecule has 7 heteroatoms. The highest BCUT2D eigenvalue weighted by Crippen LogP contribution is 2.60. The number of nitrogens with one attached hydrogen (secondary N) is 1. The minimum Gasteiger partial charge on any atom is -0.506 e. The van der Waals surface area contributed by atoms with Crippen LogP contribution in [0, 0.1) is 17.8 Å². The first kappa shape index (κ1) is 23.6. The number of carbonyl (C=O) groups is 2. The van der Waals surface area contributed by atoms with Crippen LogP contribution in [0.5, 0.6) is 11.5 Å². The Morgan fingerprint density at radius 2 is 1.70 bits per heavy atom. The van der Waals surface area contributed by atoms with E-state index in [4.69, 9.17) is 9.15 Å². The van der Waals surface area contributed by atoms with Gasteiger partial charge < -0.3 is 19.6 Å². The SMILES string of the molecule is CN(C(=O)c1ccc(O)c(NC(=O)COc2ccc(C34CC5CC(CC(C5)C3)C4)cc2)c1)c1ccco1. The number of anilines is 2. The molecular weight excluding hydrogens is 468 g/mol. The average molecular weight is 501 g/mol. The summed E-state index contributed by atoms with van der Waals surface area (Å²) in [6.45, 7) is -0.208. The van der Waals surface area contributed by atoms with Crippen molar-refractivity contribution in [2.45, 2.75) is 43.9 Å². The van der Waals surface area contributed by atoms with Gasteiger partial charge in [-0.15, -0.1) is 0 Å². The van der Waals surface area contributed by atoms with E-state index >= 15 is 0 Å². The first-order valence-corrected chi connectivity index (χ1v) is 13.1. The van der Waals surface area contributed by atoms with Crippen LogP contribution >= 0.6 is 0 Å². The lowest BCUT2D eigenvalue weighted by Crippen LogP contribution is -2.48. The Bertz CT molecular complexity index is 1260. The quantitative estimate of drug-likeness (QED) is 0.403. The van der Waals surface area contributed by atoms with Crippen LogP contribution in [0.15, 0.2) is 65.3 Å². The van der Waals surface area contributed by atoms with Crippen molar-refractivity contribution in [3.8, 4) is 11.5 Å². The smallest absolute Gasteiger partial charge is 0.262 e. The molecule has 0 unspecified atom stereocenters. The summed E-state index contributed by atoms with van der Waals surface area (Å²) in [6.07, 6.45) is 9.67. The number of aromatic hydroxyl groups is 1. The van der Waals surface area contributed by atoms with Crippen LogP contribution in [0.1, 0.15) is 54.4 Å². The highest BCUT2D eigenvalue weighted by atomic mass is 16.5. The summed E-state index contributed by atoms with van der Waals surface area (Å²) in [5.41, 5.74) is 2.18. The maximum atomic E-state index is 12.8. The van der Waals surface area contributed by atoms with Crippen LogP contribution in [0.2, 0.25) is 0 Å². The zero-order chi connectivity index (χ0) is 25.6. The highest BCUT2D eigenvalue weighted by molar-refractivity contribution is 6.06. The molecular formula is C30H32N2O5. The Balaban J connectivity index is 1.07. The van der Waals surface area contributed by atoms with Gasteiger partial charge in [0.15, 0.2) is 6.61 Å². The van der Waals surface area contributed by atoms with Crippen molar-refractivity contribution in [3.63, 3.8) is 0 Å². The maximum absolute atomic E-state index is 12.8. The molecule has 37 heavy (non-hydrogen) atoms. The Morgan fingerprint density at radius 3 is 2.32 bits per heavy atom. The number of carbonyl (C=O) groups excluding carboxylic acids is 2. The van der Waals surface area contributed by atoms with Crippen molar-refractivity contribution in [1.82, 2.24) is 0 Å². The summed E-state index contributed by atoms with van der Waals surface area (Å²) >= 11 is 0. The van der Waals surface area contributed by atoms with E-state index in [0.29, 0.717) is 22.6 Å². The molecule has 4 aliphatic rings. The topological polar surface area (TPSA) is 92.0 Å². The van der Waals surface area contributed by atoms with Gasteiger partial charge in [0.25, 0.3) is 11.8 Å². The first-order valence-electron chi connectivity index (χ1n) is 13.1. The van der Waals surface area contributed by atoms with Gasteiger partial charge in [0.2, 0.25) is 5.88 Å². The molecule has 4 fully saturated rings. The van der Waals surface area contributed by atoms with Crippen LogP contribution in [0.25, 0.3) is 0 Å². The van der Waals surface area contributed by atoms with Gasteiger partial charge in [-0.25, -0.2) is 0 Å². The summed E-state index contributed by atoms with van der Waals surface area (Å²) in [5.74, 6) is 2.81. The third kappa shape index (κ3) is 4.59. The molecule has 4 saturated carbocycles. The first-order chi connectivity index (χ1) is 17.9. The molecule has 0 atom stereocenters. The molecule has 4 aliphatic carbocycles. The van der Waals surface area contributed by atoms with E-state index in [0.717, 1.165) is 17.8 Å². The second kappa shape index (κ2) is 9.29. The molecule has 1 heterocycles. The van der Waals surface area contributed by atoms with E-state index in [9.17, 15) is 14.7 Å². The molecule has 0 spiro atoms. The Labute approximate surface area is 216 Å². The van der Waals surface area contributed by atoms with Crippen molar-refractivity contribution < 1.29 is 23.8 Å². The number of benzene rings is 2. The predicted molar refractivity (Wildman–Crippen MR) is 140 cm³/mol. The number of phenolic OH excluding ortho intramolecular Hbond substituents is 1. The molecule has 0 aliphatic heterocycles. The summed E-state index contributed by atoms with van der Waals surface area (Å²) in [5, 5.41) is 12.9. The zero-order valence-electron chi connectivity index (χ0n) is 21.0. The third-order valence-electron chi connectivity index (χ3n) is 8.53. The van der Waals surface area contributed by atoms with Gasteiger partial charge in [-0.05, 0) is 104 Å². The molecule has 4 bridgehead atoms. The van der Waals surface area contributed by atoms with Crippen LogP contribution in [-0.2, 0) is 10.2 Å². The summed E-state index contributed by atoms with van der Waals surface area (Å²) in [6, 6.07) is 16.0. The van der Waals surface area contributed by atoms with Gasteiger partial charge in [0.05, 0.1) is 12.0 Å². The molecule has 7 nitrogen and oxygen atoms in total. The number of furan rings is 1. The number of hydrogen-bond acceptors (Lipinski definition) is 5. The second-order valence-corrected chi connectivity index (χ2v) is 11.1. The monoisotopic (exact) mass is 500 g/mol. The van der Waals surface area contributed by atoms with Crippen molar-refractivity contribution in [3.05, 3.63) is 72.0 Å². The van der Waals surface area contributed by atoms with E-state index in [2.05, 4.69) is 17.4 Å². The van der Waals surface area contributed by atoms with Crippen molar-refractivity contribution >= 4 is 23.4 Å². The summed E-state index contributed by atoms with van der Waals surface area (Å²) in [4.78, 5) is 26.7. The Morgan fingerprint density at radius 1 is 1.03 bits per heavy atom. The van der Waals surface area contributed by atoms with Crippen molar-refractivity contribution in [2.24, 2.45) is 17.8 Å². The van der Waals surface area contributed by atoms with Gasteiger partial charge in [-0.1, -0.05) is 12.1 Å². The van der Waals surface area contributed by atoms with Crippen molar-refractivity contribution in [1.29, 1.82) is 0 Å². The number of hydrogen-bond donors (Lipinski definition) is 2. The van der Waals surface area contributed by atoms with E-state index in [1.807, 2.05) is 12.1 Å². The van der Waals surface area contributed by atoms with Gasteiger partial charge in [-0.3, -0.25) is 14.5 Å². The molecule has 2 amide bonds. The molecule has 7 rings (SSSR count).